The van der Waals surface area contributed by atoms with Crippen LogP contribution >= 0.6 is 0 Å². The lowest BCUT2D eigenvalue weighted by molar-refractivity contribution is 0.0951. The van der Waals surface area contributed by atoms with Crippen molar-refractivity contribution in [1.82, 2.24) is 24.6 Å². The Kier molecular flexibility index (Phi) is 5.36. The summed E-state index contributed by atoms with van der Waals surface area (Å²) >= 11 is 0. The van der Waals surface area contributed by atoms with Crippen LogP contribution in [0.3, 0.4) is 0 Å². The number of rotatable bonds is 8. The van der Waals surface area contributed by atoms with Gasteiger partial charge in [-0.3, -0.25) is 9.20 Å². The summed E-state index contributed by atoms with van der Waals surface area (Å²) in [6, 6.07) is 8.09. The maximum Gasteiger partial charge on any atom is 0.251 e. The van der Waals surface area contributed by atoms with E-state index in [-0.39, 0.29) is 5.91 Å². The third-order valence-electron chi connectivity index (χ3n) is 5.93. The lowest BCUT2D eigenvalue weighted by Crippen LogP contribution is -2.25. The van der Waals surface area contributed by atoms with Gasteiger partial charge in [-0.05, 0) is 63.9 Å². The maximum atomic E-state index is 12.2. The van der Waals surface area contributed by atoms with E-state index in [1.165, 1.54) is 25.9 Å². The average molecular weight is 405 g/mol. The molecule has 0 unspecified atom stereocenters. The minimum atomic E-state index is 0.00630. The Morgan fingerprint density at radius 2 is 1.90 bits per heavy atom. The van der Waals surface area contributed by atoms with Gasteiger partial charge in [-0.15, -0.1) is 0 Å². The van der Waals surface area contributed by atoms with Crippen LogP contribution < -0.4 is 10.6 Å². The summed E-state index contributed by atoms with van der Waals surface area (Å²) in [5.41, 5.74) is 3.53. The molecule has 1 amide bonds. The third-order valence-corrected chi connectivity index (χ3v) is 5.93. The fraction of sp³-hybridized carbons (Fsp3) is 0.435. The number of likely N-dealkylation sites (tertiary alicyclic amines) is 1. The van der Waals surface area contributed by atoms with Crippen molar-refractivity contribution in [3.8, 4) is 11.3 Å². The average Bonchev–Trinajstić information content (AvgIpc) is 3.25. The summed E-state index contributed by atoms with van der Waals surface area (Å²) in [6.45, 7) is 4.49. The summed E-state index contributed by atoms with van der Waals surface area (Å²) in [6.07, 6.45) is 11.5. The Hall–Kier alpha value is -2.93. The number of anilines is 1. The largest absolute Gasteiger partial charge is 0.367 e. The molecule has 1 aromatic carbocycles. The van der Waals surface area contributed by atoms with Crippen molar-refractivity contribution in [2.75, 3.05) is 31.5 Å². The number of amides is 1. The van der Waals surface area contributed by atoms with Crippen LogP contribution in [0.15, 0.2) is 42.9 Å². The van der Waals surface area contributed by atoms with Gasteiger partial charge in [-0.1, -0.05) is 12.1 Å². The number of imidazole rings is 1. The first-order valence-corrected chi connectivity index (χ1v) is 11.0. The van der Waals surface area contributed by atoms with Gasteiger partial charge >= 0.3 is 0 Å². The predicted octanol–water partition coefficient (Wildman–Crippen LogP) is 3.19. The molecule has 1 saturated heterocycles. The number of fused-ring (bicyclic) bond motifs is 1. The Labute approximate surface area is 176 Å². The van der Waals surface area contributed by atoms with E-state index in [4.69, 9.17) is 0 Å². The second-order valence-electron chi connectivity index (χ2n) is 8.27. The highest BCUT2D eigenvalue weighted by atomic mass is 16.1. The maximum absolute atomic E-state index is 12.2. The van der Waals surface area contributed by atoms with Gasteiger partial charge in [0.25, 0.3) is 5.91 Å². The summed E-state index contributed by atoms with van der Waals surface area (Å²) < 4.78 is 2.05. The minimum Gasteiger partial charge on any atom is -0.367 e. The topological polar surface area (TPSA) is 74.6 Å². The molecule has 3 aromatic rings. The second kappa shape index (κ2) is 8.44. The predicted molar refractivity (Wildman–Crippen MR) is 118 cm³/mol. The first kappa shape index (κ1) is 19.1. The van der Waals surface area contributed by atoms with Crippen LogP contribution in [0.2, 0.25) is 0 Å². The van der Waals surface area contributed by atoms with Crippen molar-refractivity contribution >= 4 is 17.4 Å². The van der Waals surface area contributed by atoms with Crippen LogP contribution in [0.4, 0.5) is 5.82 Å². The molecule has 2 N–H and O–H groups in total. The molecule has 1 saturated carbocycles. The standard InChI is InChI=1S/C23H28N6O/c30-23(27-19-8-9-19)18-6-4-17(5-7-18)20-16-26-22-21(25-11-15-29(20)22)24-10-3-14-28-12-1-2-13-28/h4-7,11,15-16,19H,1-3,8-10,12-14H2,(H,24,25)(H,27,30). The number of hydrogen-bond acceptors (Lipinski definition) is 5. The van der Waals surface area contributed by atoms with E-state index >= 15 is 0 Å². The molecular formula is C23H28N6O. The van der Waals surface area contributed by atoms with Gasteiger partial charge in [-0.25, -0.2) is 9.97 Å². The minimum absolute atomic E-state index is 0.00630. The van der Waals surface area contributed by atoms with Crippen LogP contribution in [0, 0.1) is 0 Å². The molecule has 2 aliphatic rings. The van der Waals surface area contributed by atoms with E-state index in [0.717, 1.165) is 55.1 Å². The summed E-state index contributed by atoms with van der Waals surface area (Å²) in [4.78, 5) is 23.8. The molecule has 7 heteroatoms. The van der Waals surface area contributed by atoms with Crippen molar-refractivity contribution in [3.63, 3.8) is 0 Å². The van der Waals surface area contributed by atoms with Crippen molar-refractivity contribution in [2.45, 2.75) is 38.1 Å². The van der Waals surface area contributed by atoms with Gasteiger partial charge < -0.3 is 15.5 Å². The van der Waals surface area contributed by atoms with Gasteiger partial charge in [0, 0.05) is 36.1 Å². The first-order valence-electron chi connectivity index (χ1n) is 11.0. The monoisotopic (exact) mass is 404 g/mol. The fourth-order valence-corrected chi connectivity index (χ4v) is 4.06. The highest BCUT2D eigenvalue weighted by molar-refractivity contribution is 5.95. The van der Waals surface area contributed by atoms with E-state index in [1.54, 1.807) is 6.20 Å². The van der Waals surface area contributed by atoms with Crippen molar-refractivity contribution in [1.29, 1.82) is 0 Å². The highest BCUT2D eigenvalue weighted by Gasteiger charge is 2.23. The molecule has 0 spiro atoms. The van der Waals surface area contributed by atoms with E-state index in [2.05, 4.69) is 29.9 Å². The Bertz CT molecular complexity index is 1020. The zero-order chi connectivity index (χ0) is 20.3. The molecule has 156 valence electrons. The Balaban J connectivity index is 1.27. The molecule has 2 aromatic heterocycles. The lowest BCUT2D eigenvalue weighted by Gasteiger charge is -2.14. The fourth-order valence-electron chi connectivity index (χ4n) is 4.06. The summed E-state index contributed by atoms with van der Waals surface area (Å²) in [5, 5.41) is 6.48. The summed E-state index contributed by atoms with van der Waals surface area (Å²) in [7, 11) is 0. The van der Waals surface area contributed by atoms with Gasteiger partial charge in [0.1, 0.15) is 0 Å². The smallest absolute Gasteiger partial charge is 0.251 e. The molecule has 2 fully saturated rings. The van der Waals surface area contributed by atoms with Crippen LogP contribution in [0.1, 0.15) is 42.5 Å². The van der Waals surface area contributed by atoms with Gasteiger partial charge in [0.15, 0.2) is 11.5 Å². The number of nitrogens with one attached hydrogen (secondary N) is 2. The number of nitrogens with zero attached hydrogens (tertiary/aromatic N) is 4. The van der Waals surface area contributed by atoms with Gasteiger partial charge in [-0.2, -0.15) is 0 Å². The van der Waals surface area contributed by atoms with E-state index < -0.39 is 0 Å². The molecule has 3 heterocycles. The number of carbonyl (C=O) groups is 1. The van der Waals surface area contributed by atoms with Crippen molar-refractivity contribution < 1.29 is 4.79 Å². The number of hydrogen-bond donors (Lipinski definition) is 2. The lowest BCUT2D eigenvalue weighted by atomic mass is 10.1. The molecular weight excluding hydrogens is 376 g/mol. The molecule has 7 nitrogen and oxygen atoms in total. The first-order chi connectivity index (χ1) is 14.8. The molecule has 0 atom stereocenters. The normalized spacial score (nSPS) is 16.8. The molecule has 1 aliphatic heterocycles. The Morgan fingerprint density at radius 3 is 2.67 bits per heavy atom. The number of benzene rings is 1. The number of aromatic nitrogens is 3. The van der Waals surface area contributed by atoms with Gasteiger partial charge in [0.2, 0.25) is 0 Å². The quantitative estimate of drug-likeness (QED) is 0.564. The third kappa shape index (κ3) is 4.16. The van der Waals surface area contributed by atoms with E-state index in [1.807, 2.05) is 36.7 Å². The Morgan fingerprint density at radius 1 is 1.10 bits per heavy atom. The number of carbonyl (C=O) groups excluding carboxylic acids is 1. The zero-order valence-corrected chi connectivity index (χ0v) is 17.2. The van der Waals surface area contributed by atoms with Crippen LogP contribution in [-0.4, -0.2) is 57.4 Å². The SMILES string of the molecule is O=C(NC1CC1)c1ccc(-c2cnc3c(NCCCN4CCCC4)nccn23)cc1. The highest BCUT2D eigenvalue weighted by Crippen LogP contribution is 2.24. The zero-order valence-electron chi connectivity index (χ0n) is 17.2. The summed E-state index contributed by atoms with van der Waals surface area (Å²) in [5.74, 6) is 0.817. The van der Waals surface area contributed by atoms with Crippen LogP contribution in [0.25, 0.3) is 16.9 Å². The second-order valence-corrected chi connectivity index (χ2v) is 8.27. The molecule has 5 rings (SSSR count). The molecule has 30 heavy (non-hydrogen) atoms. The molecule has 1 aliphatic carbocycles. The van der Waals surface area contributed by atoms with Gasteiger partial charge in [0.05, 0.1) is 11.9 Å². The molecule has 0 bridgehead atoms. The van der Waals surface area contributed by atoms with E-state index in [0.29, 0.717) is 11.6 Å². The van der Waals surface area contributed by atoms with E-state index in [9.17, 15) is 4.79 Å². The van der Waals surface area contributed by atoms with Crippen molar-refractivity contribution in [2.24, 2.45) is 0 Å². The van der Waals surface area contributed by atoms with Crippen LogP contribution in [0.5, 0.6) is 0 Å². The molecule has 0 radical (unpaired) electrons. The van der Waals surface area contributed by atoms with Crippen molar-refractivity contribution in [3.05, 3.63) is 48.4 Å². The van der Waals surface area contributed by atoms with Crippen LogP contribution in [-0.2, 0) is 0 Å².